The zero-order valence-electron chi connectivity index (χ0n) is 22.3. The van der Waals surface area contributed by atoms with E-state index in [4.69, 9.17) is 25.8 Å². The molecule has 0 radical (unpaired) electrons. The zero-order chi connectivity index (χ0) is 26.3. The van der Waals surface area contributed by atoms with E-state index in [0.717, 1.165) is 12.0 Å². The Hall–Kier alpha value is -2.80. The Morgan fingerprint density at radius 3 is 2.29 bits per heavy atom. The largest absolute Gasteiger partial charge is 0.511 e. The molecule has 192 valence electrons. The Balaban J connectivity index is 2.50. The van der Waals surface area contributed by atoms with Crippen LogP contribution in [0.15, 0.2) is 29.3 Å². The van der Waals surface area contributed by atoms with Crippen molar-refractivity contribution in [3.8, 4) is 0 Å². The van der Waals surface area contributed by atoms with Crippen LogP contribution >= 0.6 is 11.6 Å². The molecule has 0 N–H and O–H groups in total. The highest BCUT2D eigenvalue weighted by Gasteiger charge is 2.25. The molecule has 1 heterocycles. The molecule has 7 nitrogen and oxygen atoms in total. The Kier molecular flexibility index (Phi) is 9.95. The number of aliphatic imine (C=N–C) groups is 1. The monoisotopic (exact) mass is 503 g/mol. The summed E-state index contributed by atoms with van der Waals surface area (Å²) in [7, 11) is 3.47. The second kappa shape index (κ2) is 12.2. The summed E-state index contributed by atoms with van der Waals surface area (Å²) in [6, 6.07) is 8.20. The van der Waals surface area contributed by atoms with Gasteiger partial charge in [0.1, 0.15) is 5.69 Å². The van der Waals surface area contributed by atoms with Crippen LogP contribution in [0.2, 0.25) is 5.02 Å². The lowest BCUT2D eigenvalue weighted by Gasteiger charge is -2.22. The normalized spacial score (nSPS) is 13.7. The smallest absolute Gasteiger partial charge is 0.452 e. The van der Waals surface area contributed by atoms with Crippen molar-refractivity contribution in [2.24, 2.45) is 18.0 Å². The third-order valence-electron chi connectivity index (χ3n) is 5.39. The van der Waals surface area contributed by atoms with Crippen molar-refractivity contribution in [3.05, 3.63) is 51.8 Å². The maximum Gasteiger partial charge on any atom is 0.511 e. The summed E-state index contributed by atoms with van der Waals surface area (Å²) < 4.78 is 18.4. The first-order valence-corrected chi connectivity index (χ1v) is 12.2. The second-order valence-electron chi connectivity index (χ2n) is 9.91. The summed E-state index contributed by atoms with van der Waals surface area (Å²) in [4.78, 5) is 16.4. The van der Waals surface area contributed by atoms with Crippen molar-refractivity contribution >= 4 is 35.3 Å². The van der Waals surface area contributed by atoms with Crippen LogP contribution in [0.4, 0.5) is 4.79 Å². The molecule has 0 spiro atoms. The fourth-order valence-corrected chi connectivity index (χ4v) is 3.65. The average molecular weight is 504 g/mol. The summed E-state index contributed by atoms with van der Waals surface area (Å²) in [5.74, 6) is 0.816. The quantitative estimate of drug-likeness (QED) is 0.162. The molecule has 0 bridgehead atoms. The van der Waals surface area contributed by atoms with Gasteiger partial charge in [-0.25, -0.2) is 4.79 Å². The predicted octanol–water partition coefficient (Wildman–Crippen LogP) is 6.81. The van der Waals surface area contributed by atoms with Gasteiger partial charge in [0.25, 0.3) is 0 Å². The fourth-order valence-electron chi connectivity index (χ4n) is 3.41. The van der Waals surface area contributed by atoms with Crippen molar-refractivity contribution < 1.29 is 19.0 Å². The molecular weight excluding hydrogens is 466 g/mol. The number of hydrogen-bond acceptors (Lipinski definition) is 6. The van der Waals surface area contributed by atoms with Crippen LogP contribution in [0.1, 0.15) is 70.5 Å². The molecule has 35 heavy (non-hydrogen) atoms. The molecule has 1 aromatic heterocycles. The Labute approximate surface area is 214 Å². The number of halogens is 1. The van der Waals surface area contributed by atoms with Gasteiger partial charge in [0.2, 0.25) is 6.29 Å². The minimum absolute atomic E-state index is 0.0152. The van der Waals surface area contributed by atoms with E-state index >= 15 is 0 Å². The van der Waals surface area contributed by atoms with Crippen LogP contribution < -0.4 is 0 Å². The summed E-state index contributed by atoms with van der Waals surface area (Å²) in [5, 5.41) is 4.88. The van der Waals surface area contributed by atoms with Crippen LogP contribution in [0.5, 0.6) is 0 Å². The van der Waals surface area contributed by atoms with Gasteiger partial charge >= 0.3 is 6.16 Å². The van der Waals surface area contributed by atoms with E-state index in [0.29, 0.717) is 33.7 Å². The molecule has 0 aliphatic heterocycles. The maximum absolute atomic E-state index is 12.2. The molecule has 1 aromatic carbocycles. The van der Waals surface area contributed by atoms with Gasteiger partial charge in [-0.2, -0.15) is 5.10 Å². The van der Waals surface area contributed by atoms with Crippen LogP contribution in [0, 0.1) is 12.8 Å². The van der Waals surface area contributed by atoms with Crippen molar-refractivity contribution in [2.75, 3.05) is 13.7 Å². The first-order chi connectivity index (χ1) is 16.3. The van der Waals surface area contributed by atoms with Gasteiger partial charge in [-0.05, 0) is 35.8 Å². The molecule has 2 aromatic rings. The summed E-state index contributed by atoms with van der Waals surface area (Å²) in [6.45, 7) is 14.3. The molecule has 0 amide bonds. The molecule has 0 aliphatic carbocycles. The number of aromatic nitrogens is 2. The van der Waals surface area contributed by atoms with E-state index in [2.05, 4.69) is 56.8 Å². The number of rotatable bonds is 9. The number of carbonyl (C=O) groups is 1. The topological polar surface area (TPSA) is 74.9 Å². The molecule has 0 saturated carbocycles. The number of ether oxygens (including phenoxy) is 3. The average Bonchev–Trinajstić information content (AvgIpc) is 3.01. The number of carbonyl (C=O) groups excluding carboxylic acids is 1. The molecular formula is C27H38ClN3O4. The minimum Gasteiger partial charge on any atom is -0.452 e. The SMILES string of the molecule is C/N=C\C(=C(\OC(C)OC(=O)OCCC(C)C)c1c(Cl)c(C)nn1C)c1ccc(C(C)(C)C)cc1. The van der Waals surface area contributed by atoms with E-state index in [1.54, 1.807) is 31.9 Å². The second-order valence-corrected chi connectivity index (χ2v) is 10.3. The maximum atomic E-state index is 12.2. The van der Waals surface area contributed by atoms with Gasteiger partial charge < -0.3 is 14.2 Å². The third-order valence-corrected chi connectivity index (χ3v) is 5.84. The fraction of sp³-hybridized carbons (Fsp3) is 0.519. The van der Waals surface area contributed by atoms with Crippen LogP contribution in [-0.4, -0.2) is 42.1 Å². The molecule has 0 saturated heterocycles. The van der Waals surface area contributed by atoms with Gasteiger partial charge in [-0.3, -0.25) is 9.67 Å². The highest BCUT2D eigenvalue weighted by Crippen LogP contribution is 2.34. The van der Waals surface area contributed by atoms with Crippen LogP contribution in [-0.2, 0) is 26.7 Å². The standard InChI is InChI=1S/C27H38ClN3O4/c1-17(2)14-15-33-26(32)35-19(4)34-25(24-23(28)18(3)30-31(24)9)22(16-29-8)20-10-12-21(13-11-20)27(5,6)7/h10-13,16-17,19H,14-15H2,1-9H3/b25-22-,29-16-. The van der Waals surface area contributed by atoms with E-state index < -0.39 is 12.4 Å². The Bertz CT molecular complexity index is 1060. The van der Waals surface area contributed by atoms with Gasteiger partial charge in [0.15, 0.2) is 5.76 Å². The summed E-state index contributed by atoms with van der Waals surface area (Å²) in [6.07, 6.45) is 0.719. The highest BCUT2D eigenvalue weighted by atomic mass is 35.5. The third kappa shape index (κ3) is 7.85. The Morgan fingerprint density at radius 2 is 1.80 bits per heavy atom. The van der Waals surface area contributed by atoms with Crippen molar-refractivity contribution in [2.45, 2.75) is 66.6 Å². The van der Waals surface area contributed by atoms with Crippen LogP contribution in [0.25, 0.3) is 11.3 Å². The number of hydrogen-bond donors (Lipinski definition) is 0. The van der Waals surface area contributed by atoms with Gasteiger partial charge in [-0.1, -0.05) is 70.5 Å². The number of allylic oxidation sites excluding steroid dienone is 1. The summed E-state index contributed by atoms with van der Waals surface area (Å²) >= 11 is 6.64. The van der Waals surface area contributed by atoms with E-state index in [1.165, 1.54) is 5.56 Å². The number of nitrogens with zero attached hydrogens (tertiary/aromatic N) is 3. The molecule has 8 heteroatoms. The molecule has 1 unspecified atom stereocenters. The molecule has 0 fully saturated rings. The predicted molar refractivity (Wildman–Crippen MR) is 142 cm³/mol. The lowest BCUT2D eigenvalue weighted by Crippen LogP contribution is -2.20. The molecule has 0 aliphatic rings. The molecule has 1 atom stereocenters. The first-order valence-electron chi connectivity index (χ1n) is 11.8. The van der Waals surface area contributed by atoms with Crippen molar-refractivity contribution in [3.63, 3.8) is 0 Å². The summed E-state index contributed by atoms with van der Waals surface area (Å²) in [5.41, 5.74) is 3.99. The Morgan fingerprint density at radius 1 is 1.17 bits per heavy atom. The lowest BCUT2D eigenvalue weighted by molar-refractivity contribution is -0.0676. The lowest BCUT2D eigenvalue weighted by atomic mass is 9.86. The van der Waals surface area contributed by atoms with Gasteiger partial charge in [0, 0.05) is 32.8 Å². The zero-order valence-corrected chi connectivity index (χ0v) is 23.1. The van der Waals surface area contributed by atoms with Gasteiger partial charge in [0.05, 0.1) is 17.3 Å². The highest BCUT2D eigenvalue weighted by molar-refractivity contribution is 6.33. The van der Waals surface area contributed by atoms with E-state index in [1.807, 2.05) is 19.1 Å². The van der Waals surface area contributed by atoms with Gasteiger partial charge in [-0.15, -0.1) is 0 Å². The number of benzene rings is 1. The van der Waals surface area contributed by atoms with E-state index in [-0.39, 0.29) is 12.0 Å². The van der Waals surface area contributed by atoms with Crippen molar-refractivity contribution in [1.82, 2.24) is 9.78 Å². The van der Waals surface area contributed by atoms with Crippen LogP contribution in [0.3, 0.4) is 0 Å². The number of aryl methyl sites for hydroxylation is 2. The van der Waals surface area contributed by atoms with E-state index in [9.17, 15) is 4.79 Å². The minimum atomic E-state index is -0.947. The van der Waals surface area contributed by atoms with Crippen molar-refractivity contribution in [1.29, 1.82) is 0 Å². The molecule has 2 rings (SSSR count). The first kappa shape index (κ1) is 28.4.